The van der Waals surface area contributed by atoms with Gasteiger partial charge in [0.25, 0.3) is 0 Å². The molecule has 88 valence electrons. The van der Waals surface area contributed by atoms with Gasteiger partial charge in [0.05, 0.1) is 0 Å². The van der Waals surface area contributed by atoms with Gasteiger partial charge in [-0.15, -0.1) is 0 Å². The topological polar surface area (TPSA) is 12.9 Å². The second kappa shape index (κ2) is 4.89. The minimum Gasteiger partial charge on any atom is -0.225 e. The van der Waals surface area contributed by atoms with Crippen LogP contribution in [0.15, 0.2) is 12.3 Å². The first-order chi connectivity index (χ1) is 7.70. The quantitative estimate of drug-likeness (QED) is 0.692. The van der Waals surface area contributed by atoms with Gasteiger partial charge < -0.3 is 0 Å². The maximum Gasteiger partial charge on any atom is 0.248 e. The van der Waals surface area contributed by atoms with Crippen LogP contribution in [0.25, 0.3) is 0 Å². The third-order valence-corrected chi connectivity index (χ3v) is 3.71. The van der Waals surface area contributed by atoms with Crippen LogP contribution in [0.2, 0.25) is 0 Å². The molecule has 3 heteroatoms. The molecular formula is C13H17F2N. The summed E-state index contributed by atoms with van der Waals surface area (Å²) in [5.74, 6) is -0.638. The van der Waals surface area contributed by atoms with Crippen molar-refractivity contribution < 1.29 is 8.78 Å². The fourth-order valence-corrected chi connectivity index (χ4v) is 2.56. The molecule has 0 saturated heterocycles. The van der Waals surface area contributed by atoms with E-state index >= 15 is 0 Å². The Morgan fingerprint density at radius 1 is 1.25 bits per heavy atom. The Bertz CT molecular complexity index is 357. The molecule has 1 aromatic heterocycles. The Hall–Kier alpha value is -0.990. The van der Waals surface area contributed by atoms with E-state index in [1.54, 1.807) is 0 Å². The van der Waals surface area contributed by atoms with Crippen molar-refractivity contribution in [3.63, 3.8) is 0 Å². The van der Waals surface area contributed by atoms with Crippen LogP contribution in [-0.2, 0) is 0 Å². The van der Waals surface area contributed by atoms with E-state index in [0.717, 1.165) is 24.3 Å². The zero-order valence-electron chi connectivity index (χ0n) is 9.55. The average molecular weight is 225 g/mol. The van der Waals surface area contributed by atoms with Gasteiger partial charge in [0.15, 0.2) is 5.82 Å². The molecule has 0 atom stereocenters. The summed E-state index contributed by atoms with van der Waals surface area (Å²) in [5.41, 5.74) is 0.855. The van der Waals surface area contributed by atoms with Crippen molar-refractivity contribution in [3.05, 3.63) is 29.6 Å². The van der Waals surface area contributed by atoms with Gasteiger partial charge >= 0.3 is 0 Å². The predicted molar refractivity (Wildman–Crippen MR) is 59.1 cm³/mol. The van der Waals surface area contributed by atoms with Crippen molar-refractivity contribution in [2.75, 3.05) is 0 Å². The number of aromatic nitrogens is 1. The van der Waals surface area contributed by atoms with E-state index in [-0.39, 0.29) is 0 Å². The Morgan fingerprint density at radius 2 is 1.94 bits per heavy atom. The molecule has 0 aliphatic heterocycles. The lowest BCUT2D eigenvalue weighted by Gasteiger charge is -2.27. The van der Waals surface area contributed by atoms with Crippen molar-refractivity contribution in [1.29, 1.82) is 0 Å². The number of pyridine rings is 1. The van der Waals surface area contributed by atoms with Crippen LogP contribution in [0.3, 0.4) is 0 Å². The van der Waals surface area contributed by atoms with E-state index in [2.05, 4.69) is 11.9 Å². The highest BCUT2D eigenvalue weighted by molar-refractivity contribution is 5.17. The molecule has 1 saturated carbocycles. The van der Waals surface area contributed by atoms with Gasteiger partial charge in [-0.1, -0.05) is 13.3 Å². The third kappa shape index (κ3) is 2.39. The summed E-state index contributed by atoms with van der Waals surface area (Å²) < 4.78 is 25.7. The molecular weight excluding hydrogens is 208 g/mol. The molecule has 0 unspecified atom stereocenters. The van der Waals surface area contributed by atoms with Crippen LogP contribution >= 0.6 is 0 Å². The number of hydrogen-bond donors (Lipinski definition) is 0. The Balaban J connectivity index is 2.05. The van der Waals surface area contributed by atoms with Crippen molar-refractivity contribution in [2.45, 2.75) is 44.9 Å². The standard InChI is InChI=1S/C13H17F2N/c1-2-9-3-5-10(6-4-9)11-7-12(14)13(15)16-8-11/h7-10H,2-6H2,1H3/t9-,10-. The van der Waals surface area contributed by atoms with E-state index in [1.807, 2.05) is 0 Å². The minimum absolute atomic E-state index is 0.366. The first-order valence-corrected chi connectivity index (χ1v) is 6.01. The molecule has 16 heavy (non-hydrogen) atoms. The van der Waals surface area contributed by atoms with Crippen molar-refractivity contribution in [1.82, 2.24) is 4.98 Å². The molecule has 1 fully saturated rings. The van der Waals surface area contributed by atoms with E-state index in [1.165, 1.54) is 31.5 Å². The van der Waals surface area contributed by atoms with Crippen LogP contribution in [0.1, 0.15) is 50.5 Å². The Morgan fingerprint density at radius 3 is 2.50 bits per heavy atom. The van der Waals surface area contributed by atoms with Gasteiger partial charge in [0, 0.05) is 6.20 Å². The van der Waals surface area contributed by atoms with Crippen molar-refractivity contribution in [2.24, 2.45) is 5.92 Å². The molecule has 1 aliphatic rings. The van der Waals surface area contributed by atoms with Gasteiger partial charge in [0.1, 0.15) is 0 Å². The van der Waals surface area contributed by atoms with Gasteiger partial charge in [-0.3, -0.25) is 0 Å². The number of rotatable bonds is 2. The molecule has 1 heterocycles. The van der Waals surface area contributed by atoms with E-state index < -0.39 is 11.8 Å². The Labute approximate surface area is 94.9 Å². The lowest BCUT2D eigenvalue weighted by atomic mass is 9.78. The van der Waals surface area contributed by atoms with Gasteiger partial charge in [-0.25, -0.2) is 9.37 Å². The number of halogens is 2. The molecule has 2 rings (SSSR count). The van der Waals surface area contributed by atoms with Crippen molar-refractivity contribution in [3.8, 4) is 0 Å². The molecule has 0 radical (unpaired) electrons. The van der Waals surface area contributed by atoms with E-state index in [0.29, 0.717) is 5.92 Å². The van der Waals surface area contributed by atoms with Crippen LogP contribution in [0.4, 0.5) is 8.78 Å². The highest BCUT2D eigenvalue weighted by Gasteiger charge is 2.22. The average Bonchev–Trinajstić information content (AvgIpc) is 2.33. The summed E-state index contributed by atoms with van der Waals surface area (Å²) >= 11 is 0. The summed E-state index contributed by atoms with van der Waals surface area (Å²) in [6.45, 7) is 2.21. The normalized spacial score (nSPS) is 25.7. The van der Waals surface area contributed by atoms with Crippen LogP contribution in [-0.4, -0.2) is 4.98 Å². The fraction of sp³-hybridized carbons (Fsp3) is 0.615. The molecule has 1 aromatic rings. The highest BCUT2D eigenvalue weighted by atomic mass is 19.2. The maximum atomic E-state index is 13.0. The molecule has 0 spiro atoms. The minimum atomic E-state index is -0.994. The summed E-state index contributed by atoms with van der Waals surface area (Å²) in [4.78, 5) is 3.45. The third-order valence-electron chi connectivity index (χ3n) is 3.71. The SMILES string of the molecule is CC[C@H]1CC[C@H](c2cnc(F)c(F)c2)CC1. The van der Waals surface area contributed by atoms with E-state index in [4.69, 9.17) is 0 Å². The second-order valence-corrected chi connectivity index (χ2v) is 4.67. The summed E-state index contributed by atoms with van der Waals surface area (Å²) in [6, 6.07) is 1.30. The van der Waals surface area contributed by atoms with Crippen LogP contribution < -0.4 is 0 Å². The highest BCUT2D eigenvalue weighted by Crippen LogP contribution is 2.36. The molecule has 1 aliphatic carbocycles. The summed E-state index contributed by atoms with van der Waals surface area (Å²) in [5, 5.41) is 0. The van der Waals surface area contributed by atoms with E-state index in [9.17, 15) is 8.78 Å². The lowest BCUT2D eigenvalue weighted by molar-refractivity contribution is 0.317. The fourth-order valence-electron chi connectivity index (χ4n) is 2.56. The van der Waals surface area contributed by atoms with Crippen LogP contribution in [0.5, 0.6) is 0 Å². The summed E-state index contributed by atoms with van der Waals surface area (Å²) in [6.07, 6.45) is 7.24. The molecule has 0 amide bonds. The Kier molecular flexibility index (Phi) is 3.52. The maximum absolute atomic E-state index is 13.0. The lowest BCUT2D eigenvalue weighted by Crippen LogP contribution is -2.13. The smallest absolute Gasteiger partial charge is 0.225 e. The zero-order chi connectivity index (χ0) is 11.5. The number of hydrogen-bond acceptors (Lipinski definition) is 1. The molecule has 0 N–H and O–H groups in total. The van der Waals surface area contributed by atoms with Gasteiger partial charge in [0.2, 0.25) is 5.95 Å². The van der Waals surface area contributed by atoms with Gasteiger partial charge in [-0.05, 0) is 49.1 Å². The monoisotopic (exact) mass is 225 g/mol. The van der Waals surface area contributed by atoms with Gasteiger partial charge in [-0.2, -0.15) is 4.39 Å². The first kappa shape index (κ1) is 11.5. The molecule has 1 nitrogen and oxygen atoms in total. The van der Waals surface area contributed by atoms with Crippen LogP contribution in [0, 0.1) is 17.7 Å². The number of nitrogens with zero attached hydrogens (tertiary/aromatic N) is 1. The molecule has 0 bridgehead atoms. The zero-order valence-corrected chi connectivity index (χ0v) is 9.55. The molecule has 0 aromatic carbocycles. The first-order valence-electron chi connectivity index (χ1n) is 6.01. The van der Waals surface area contributed by atoms with Crippen molar-refractivity contribution >= 4 is 0 Å². The largest absolute Gasteiger partial charge is 0.248 e. The second-order valence-electron chi connectivity index (χ2n) is 4.67. The predicted octanol–water partition coefficient (Wildman–Crippen LogP) is 4.04. The summed E-state index contributed by atoms with van der Waals surface area (Å²) in [7, 11) is 0.